The molecule has 0 aromatic carbocycles. The molecule has 3 atom stereocenters. The first-order valence-corrected chi connectivity index (χ1v) is 8.80. The van der Waals surface area contributed by atoms with Crippen LogP contribution < -0.4 is 0 Å². The lowest BCUT2D eigenvalue weighted by molar-refractivity contribution is -0.138. The lowest BCUT2D eigenvalue weighted by Crippen LogP contribution is -2.59. The summed E-state index contributed by atoms with van der Waals surface area (Å²) < 4.78 is 5.75. The summed E-state index contributed by atoms with van der Waals surface area (Å²) in [5.74, 6) is 0.776. The van der Waals surface area contributed by atoms with Gasteiger partial charge in [-0.2, -0.15) is 11.8 Å². The zero-order chi connectivity index (χ0) is 14.8. The predicted molar refractivity (Wildman–Crippen MR) is 79.6 cm³/mol. The number of amides is 2. The van der Waals surface area contributed by atoms with Crippen molar-refractivity contribution in [3.63, 3.8) is 0 Å². The minimum absolute atomic E-state index is 0.0155. The molecule has 21 heavy (non-hydrogen) atoms. The van der Waals surface area contributed by atoms with Crippen LogP contribution in [0.15, 0.2) is 0 Å². The van der Waals surface area contributed by atoms with Gasteiger partial charge in [0.1, 0.15) is 0 Å². The molecule has 2 amide bonds. The van der Waals surface area contributed by atoms with Crippen LogP contribution in [0.3, 0.4) is 0 Å². The van der Waals surface area contributed by atoms with Crippen molar-refractivity contribution in [2.24, 2.45) is 0 Å². The molecule has 1 N–H and O–H groups in total. The Morgan fingerprint density at radius 1 is 1.24 bits per heavy atom. The van der Waals surface area contributed by atoms with E-state index in [0.717, 1.165) is 30.8 Å². The SMILES string of the molecule is O=C(O)CC1CSCCN1C(=O)N1CCOC2CCCC21. The van der Waals surface area contributed by atoms with Gasteiger partial charge in [-0.3, -0.25) is 4.79 Å². The zero-order valence-corrected chi connectivity index (χ0v) is 12.9. The molecule has 0 spiro atoms. The van der Waals surface area contributed by atoms with Gasteiger partial charge in [0.25, 0.3) is 0 Å². The maximum atomic E-state index is 12.9. The van der Waals surface area contributed by atoms with Crippen LogP contribution in [0, 0.1) is 0 Å². The van der Waals surface area contributed by atoms with Gasteiger partial charge in [0.15, 0.2) is 0 Å². The number of carboxylic acids is 1. The van der Waals surface area contributed by atoms with E-state index in [1.54, 1.807) is 16.7 Å². The summed E-state index contributed by atoms with van der Waals surface area (Å²) in [6, 6.07) is 0.0181. The van der Waals surface area contributed by atoms with E-state index in [0.29, 0.717) is 19.7 Å². The third-order valence-electron chi connectivity index (χ3n) is 4.61. The van der Waals surface area contributed by atoms with Crippen molar-refractivity contribution in [3.05, 3.63) is 0 Å². The van der Waals surface area contributed by atoms with Gasteiger partial charge in [-0.15, -0.1) is 0 Å². The number of hydrogen-bond donors (Lipinski definition) is 1. The molecule has 0 aromatic rings. The first-order chi connectivity index (χ1) is 10.2. The number of ether oxygens (including phenoxy) is 1. The Kier molecular flexibility index (Phi) is 4.59. The number of carbonyl (C=O) groups excluding carboxylic acids is 1. The van der Waals surface area contributed by atoms with Crippen LogP contribution in [0.2, 0.25) is 0 Å². The van der Waals surface area contributed by atoms with E-state index in [1.165, 1.54) is 0 Å². The lowest BCUT2D eigenvalue weighted by Gasteiger charge is -2.43. The molecule has 0 bridgehead atoms. The van der Waals surface area contributed by atoms with Crippen LogP contribution in [0.25, 0.3) is 0 Å². The van der Waals surface area contributed by atoms with Crippen molar-refractivity contribution in [2.45, 2.75) is 43.9 Å². The van der Waals surface area contributed by atoms with Crippen LogP contribution in [0.4, 0.5) is 4.79 Å². The molecule has 118 valence electrons. The third kappa shape index (κ3) is 3.13. The zero-order valence-electron chi connectivity index (χ0n) is 12.1. The van der Waals surface area contributed by atoms with Crippen molar-refractivity contribution < 1.29 is 19.4 Å². The van der Waals surface area contributed by atoms with E-state index in [2.05, 4.69) is 0 Å². The van der Waals surface area contributed by atoms with E-state index < -0.39 is 5.97 Å². The Bertz CT molecular complexity index is 420. The van der Waals surface area contributed by atoms with Gasteiger partial charge in [0, 0.05) is 24.6 Å². The molecule has 3 unspecified atom stereocenters. The largest absolute Gasteiger partial charge is 0.481 e. The molecule has 3 aliphatic rings. The summed E-state index contributed by atoms with van der Waals surface area (Å²) in [4.78, 5) is 27.6. The van der Waals surface area contributed by atoms with Gasteiger partial charge >= 0.3 is 12.0 Å². The summed E-state index contributed by atoms with van der Waals surface area (Å²) in [6.07, 6.45) is 3.36. The Balaban J connectivity index is 1.71. The number of hydrogen-bond acceptors (Lipinski definition) is 4. The molecule has 1 saturated carbocycles. The summed E-state index contributed by atoms with van der Waals surface area (Å²) in [5, 5.41) is 9.05. The molecule has 2 heterocycles. The molecule has 2 saturated heterocycles. The fourth-order valence-electron chi connectivity index (χ4n) is 3.61. The van der Waals surface area contributed by atoms with Crippen LogP contribution in [0.1, 0.15) is 25.7 Å². The minimum atomic E-state index is -0.832. The highest BCUT2D eigenvalue weighted by atomic mass is 32.2. The molecule has 3 fully saturated rings. The Labute approximate surface area is 128 Å². The highest BCUT2D eigenvalue weighted by Crippen LogP contribution is 2.31. The normalized spacial score (nSPS) is 32.9. The summed E-state index contributed by atoms with van der Waals surface area (Å²) in [5.41, 5.74) is 0. The van der Waals surface area contributed by atoms with Gasteiger partial charge in [0.05, 0.1) is 31.2 Å². The van der Waals surface area contributed by atoms with Gasteiger partial charge < -0.3 is 19.6 Å². The first-order valence-electron chi connectivity index (χ1n) is 7.65. The van der Waals surface area contributed by atoms with Crippen LogP contribution in [0.5, 0.6) is 0 Å². The maximum absolute atomic E-state index is 12.9. The standard InChI is InChI=1S/C14H22N2O4S/c17-13(18)8-10-9-21-7-5-15(10)14(19)16-4-6-20-12-3-1-2-11(12)16/h10-12H,1-9H2,(H,17,18). The fourth-order valence-corrected chi connectivity index (χ4v) is 4.67. The fraction of sp³-hybridized carbons (Fsp3) is 0.857. The van der Waals surface area contributed by atoms with E-state index >= 15 is 0 Å². The number of carbonyl (C=O) groups is 2. The van der Waals surface area contributed by atoms with Crippen molar-refractivity contribution in [1.82, 2.24) is 9.80 Å². The van der Waals surface area contributed by atoms with Gasteiger partial charge in [-0.1, -0.05) is 0 Å². The first kappa shape index (κ1) is 15.0. The Hall–Kier alpha value is -0.950. The molecule has 7 heteroatoms. The number of morpholine rings is 1. The molecular weight excluding hydrogens is 292 g/mol. The number of aliphatic carboxylic acids is 1. The van der Waals surface area contributed by atoms with Gasteiger partial charge in [0.2, 0.25) is 0 Å². The van der Waals surface area contributed by atoms with Crippen LogP contribution in [-0.4, -0.2) is 76.3 Å². The van der Waals surface area contributed by atoms with Crippen LogP contribution in [-0.2, 0) is 9.53 Å². The number of nitrogens with zero attached hydrogens (tertiary/aromatic N) is 2. The van der Waals surface area contributed by atoms with Crippen molar-refractivity contribution in [3.8, 4) is 0 Å². The molecule has 0 radical (unpaired) electrons. The second-order valence-corrected chi connectivity index (χ2v) is 7.05. The second kappa shape index (κ2) is 6.44. The van der Waals surface area contributed by atoms with Gasteiger partial charge in [-0.05, 0) is 19.3 Å². The van der Waals surface area contributed by atoms with Crippen molar-refractivity contribution in [1.29, 1.82) is 0 Å². The second-order valence-electron chi connectivity index (χ2n) is 5.90. The van der Waals surface area contributed by atoms with Crippen molar-refractivity contribution >= 4 is 23.8 Å². The highest BCUT2D eigenvalue weighted by molar-refractivity contribution is 7.99. The molecule has 1 aliphatic carbocycles. The summed E-state index contributed by atoms with van der Waals surface area (Å²) in [7, 11) is 0. The highest BCUT2D eigenvalue weighted by Gasteiger charge is 2.41. The smallest absolute Gasteiger partial charge is 0.320 e. The lowest BCUT2D eigenvalue weighted by atomic mass is 10.1. The molecule has 3 rings (SSSR count). The molecular formula is C14H22N2O4S. The van der Waals surface area contributed by atoms with Crippen LogP contribution >= 0.6 is 11.8 Å². The average Bonchev–Trinajstić information content (AvgIpc) is 2.95. The maximum Gasteiger partial charge on any atom is 0.320 e. The monoisotopic (exact) mass is 314 g/mol. The van der Waals surface area contributed by atoms with E-state index in [4.69, 9.17) is 9.84 Å². The van der Waals surface area contributed by atoms with E-state index in [9.17, 15) is 9.59 Å². The number of carboxylic acid groups (broad SMARTS) is 1. The van der Waals surface area contributed by atoms with Gasteiger partial charge in [-0.25, -0.2) is 4.79 Å². The predicted octanol–water partition coefficient (Wildman–Crippen LogP) is 1.25. The quantitative estimate of drug-likeness (QED) is 0.831. The third-order valence-corrected chi connectivity index (χ3v) is 5.70. The number of fused-ring (bicyclic) bond motifs is 1. The molecule has 0 aromatic heterocycles. The number of rotatable bonds is 2. The van der Waals surface area contributed by atoms with Crippen molar-refractivity contribution in [2.75, 3.05) is 31.2 Å². The summed E-state index contributed by atoms with van der Waals surface area (Å²) >= 11 is 1.73. The number of thioether (sulfide) groups is 1. The Morgan fingerprint density at radius 3 is 2.90 bits per heavy atom. The minimum Gasteiger partial charge on any atom is -0.481 e. The van der Waals surface area contributed by atoms with E-state index in [1.807, 2.05) is 4.90 Å². The molecule has 2 aliphatic heterocycles. The average molecular weight is 314 g/mol. The summed E-state index contributed by atoms with van der Waals surface area (Å²) in [6.45, 7) is 1.87. The topological polar surface area (TPSA) is 70.1 Å². The Morgan fingerprint density at radius 2 is 2.10 bits per heavy atom. The number of urea groups is 1. The van der Waals surface area contributed by atoms with E-state index in [-0.39, 0.29) is 30.6 Å². The molecule has 6 nitrogen and oxygen atoms in total.